The van der Waals surface area contributed by atoms with Gasteiger partial charge in [0.15, 0.2) is 0 Å². The summed E-state index contributed by atoms with van der Waals surface area (Å²) in [5, 5.41) is 3.20. The van der Waals surface area contributed by atoms with E-state index in [4.69, 9.17) is 4.74 Å². The van der Waals surface area contributed by atoms with Gasteiger partial charge in [-0.2, -0.15) is 0 Å². The second-order valence-electron chi connectivity index (χ2n) is 3.64. The minimum atomic E-state index is -0.201. The summed E-state index contributed by atoms with van der Waals surface area (Å²) in [4.78, 5) is 0. The third kappa shape index (κ3) is 2.04. The lowest BCUT2D eigenvalue weighted by atomic mass is 10.2. The quantitative estimate of drug-likeness (QED) is 0.778. The zero-order chi connectivity index (χ0) is 9.97. The summed E-state index contributed by atoms with van der Waals surface area (Å²) in [5.41, 5.74) is 0.655. The van der Waals surface area contributed by atoms with Crippen molar-refractivity contribution in [1.29, 1.82) is 0 Å². The lowest BCUT2D eigenvalue weighted by Gasteiger charge is -2.12. The molecule has 14 heavy (non-hydrogen) atoms. The van der Waals surface area contributed by atoms with Gasteiger partial charge in [-0.25, -0.2) is 4.39 Å². The van der Waals surface area contributed by atoms with Crippen LogP contribution < -0.4 is 10.1 Å². The summed E-state index contributed by atoms with van der Waals surface area (Å²) in [5.74, 6) is 0.426. The number of hydrogen-bond donors (Lipinski definition) is 1. The Hall–Kier alpha value is -1.09. The molecule has 0 aliphatic carbocycles. The molecule has 1 N–H and O–H groups in total. The summed E-state index contributed by atoms with van der Waals surface area (Å²) < 4.78 is 18.8. The molecule has 2 nitrogen and oxygen atoms in total. The van der Waals surface area contributed by atoms with E-state index in [9.17, 15) is 4.39 Å². The van der Waals surface area contributed by atoms with Gasteiger partial charge in [0.1, 0.15) is 17.7 Å². The van der Waals surface area contributed by atoms with Crippen LogP contribution in [0.5, 0.6) is 5.75 Å². The number of ether oxygens (including phenoxy) is 1. The first-order valence-electron chi connectivity index (χ1n) is 4.89. The summed E-state index contributed by atoms with van der Waals surface area (Å²) in [6.45, 7) is 3.59. The zero-order valence-electron chi connectivity index (χ0n) is 8.22. The van der Waals surface area contributed by atoms with Gasteiger partial charge in [0.05, 0.1) is 0 Å². The van der Waals surface area contributed by atoms with Crippen LogP contribution in [0.25, 0.3) is 0 Å². The molecule has 1 saturated heterocycles. The van der Waals surface area contributed by atoms with E-state index in [2.05, 4.69) is 5.32 Å². The van der Waals surface area contributed by atoms with Crippen molar-refractivity contribution in [2.24, 2.45) is 0 Å². The van der Waals surface area contributed by atoms with E-state index in [1.54, 1.807) is 13.0 Å². The van der Waals surface area contributed by atoms with Crippen molar-refractivity contribution >= 4 is 0 Å². The number of hydrogen-bond acceptors (Lipinski definition) is 2. The minimum absolute atomic E-state index is 0.192. The highest BCUT2D eigenvalue weighted by Crippen LogP contribution is 2.18. The highest BCUT2D eigenvalue weighted by atomic mass is 19.1. The van der Waals surface area contributed by atoms with Crippen LogP contribution in [0.1, 0.15) is 12.0 Å². The van der Waals surface area contributed by atoms with E-state index in [1.807, 2.05) is 6.07 Å². The number of nitrogens with one attached hydrogen (secondary N) is 1. The van der Waals surface area contributed by atoms with E-state index in [0.717, 1.165) is 19.5 Å². The molecule has 1 aliphatic rings. The Balaban J connectivity index is 2.05. The Kier molecular flexibility index (Phi) is 2.68. The molecule has 1 aliphatic heterocycles. The van der Waals surface area contributed by atoms with Gasteiger partial charge < -0.3 is 10.1 Å². The van der Waals surface area contributed by atoms with Crippen molar-refractivity contribution in [3.63, 3.8) is 0 Å². The molecule has 76 valence electrons. The summed E-state index contributed by atoms with van der Waals surface area (Å²) in [6.07, 6.45) is 1.19. The maximum Gasteiger partial charge on any atom is 0.129 e. The molecule has 0 spiro atoms. The highest BCUT2D eigenvalue weighted by Gasteiger charge is 2.15. The Morgan fingerprint density at radius 1 is 1.50 bits per heavy atom. The Morgan fingerprint density at radius 3 is 3.00 bits per heavy atom. The molecular formula is C11H14FNO. The second-order valence-corrected chi connectivity index (χ2v) is 3.64. The van der Waals surface area contributed by atoms with Crippen molar-refractivity contribution < 1.29 is 9.13 Å². The molecular weight excluding hydrogens is 181 g/mol. The molecule has 2 rings (SSSR count). The largest absolute Gasteiger partial charge is 0.489 e. The Morgan fingerprint density at radius 2 is 2.36 bits per heavy atom. The van der Waals surface area contributed by atoms with Crippen molar-refractivity contribution in [3.05, 3.63) is 29.6 Å². The van der Waals surface area contributed by atoms with Crippen molar-refractivity contribution in [2.75, 3.05) is 13.1 Å². The molecule has 0 unspecified atom stereocenters. The first-order valence-corrected chi connectivity index (χ1v) is 4.89. The van der Waals surface area contributed by atoms with Crippen LogP contribution in [0.3, 0.4) is 0 Å². The van der Waals surface area contributed by atoms with Crippen LogP contribution in [0.4, 0.5) is 4.39 Å². The van der Waals surface area contributed by atoms with Crippen molar-refractivity contribution in [1.82, 2.24) is 5.32 Å². The molecule has 0 saturated carbocycles. The fourth-order valence-electron chi connectivity index (χ4n) is 1.57. The topological polar surface area (TPSA) is 21.3 Å². The molecule has 0 bridgehead atoms. The fraction of sp³-hybridized carbons (Fsp3) is 0.455. The zero-order valence-corrected chi connectivity index (χ0v) is 8.22. The maximum absolute atomic E-state index is 13.2. The molecule has 1 heterocycles. The number of aryl methyl sites for hydroxylation is 1. The average Bonchev–Trinajstić information content (AvgIpc) is 2.64. The van der Waals surface area contributed by atoms with E-state index in [1.165, 1.54) is 6.07 Å². The lowest BCUT2D eigenvalue weighted by Crippen LogP contribution is -2.19. The van der Waals surface area contributed by atoms with Gasteiger partial charge in [0, 0.05) is 12.6 Å². The first kappa shape index (κ1) is 9.46. The normalized spacial score (nSPS) is 21.1. The van der Waals surface area contributed by atoms with Crippen LogP contribution in [-0.4, -0.2) is 19.2 Å². The monoisotopic (exact) mass is 195 g/mol. The van der Waals surface area contributed by atoms with Crippen molar-refractivity contribution in [2.45, 2.75) is 19.4 Å². The Bertz CT molecular complexity index is 321. The number of halogens is 1. The van der Waals surface area contributed by atoms with E-state index in [0.29, 0.717) is 11.3 Å². The van der Waals surface area contributed by atoms with Crippen molar-refractivity contribution in [3.8, 4) is 5.75 Å². The third-order valence-electron chi connectivity index (χ3n) is 2.46. The molecule has 3 heteroatoms. The van der Waals surface area contributed by atoms with Gasteiger partial charge in [-0.15, -0.1) is 0 Å². The van der Waals surface area contributed by atoms with Gasteiger partial charge in [0.2, 0.25) is 0 Å². The summed E-state index contributed by atoms with van der Waals surface area (Å²) >= 11 is 0. The SMILES string of the molecule is Cc1ccc(O[C@H]2CCNC2)cc1F. The second kappa shape index (κ2) is 3.96. The summed E-state index contributed by atoms with van der Waals surface area (Å²) in [6, 6.07) is 5.01. The molecule has 1 aromatic rings. The smallest absolute Gasteiger partial charge is 0.129 e. The minimum Gasteiger partial charge on any atom is -0.489 e. The molecule has 0 radical (unpaired) electrons. The van der Waals surface area contributed by atoms with Crippen LogP contribution in [-0.2, 0) is 0 Å². The van der Waals surface area contributed by atoms with Gasteiger partial charge >= 0.3 is 0 Å². The van der Waals surface area contributed by atoms with Crippen LogP contribution in [0.2, 0.25) is 0 Å². The van der Waals surface area contributed by atoms with Crippen LogP contribution >= 0.6 is 0 Å². The van der Waals surface area contributed by atoms with Crippen LogP contribution in [0.15, 0.2) is 18.2 Å². The van der Waals surface area contributed by atoms with Gasteiger partial charge in [-0.1, -0.05) is 6.07 Å². The maximum atomic E-state index is 13.2. The highest BCUT2D eigenvalue weighted by molar-refractivity contribution is 5.28. The molecule has 1 aromatic carbocycles. The van der Waals surface area contributed by atoms with E-state index >= 15 is 0 Å². The lowest BCUT2D eigenvalue weighted by molar-refractivity contribution is 0.222. The van der Waals surface area contributed by atoms with Gasteiger partial charge in [-0.3, -0.25) is 0 Å². The molecule has 0 aromatic heterocycles. The van der Waals surface area contributed by atoms with E-state index in [-0.39, 0.29) is 11.9 Å². The molecule has 1 atom stereocenters. The number of benzene rings is 1. The van der Waals surface area contributed by atoms with Gasteiger partial charge in [-0.05, 0) is 31.5 Å². The third-order valence-corrected chi connectivity index (χ3v) is 2.46. The summed E-state index contributed by atoms with van der Waals surface area (Å²) in [7, 11) is 0. The fourth-order valence-corrected chi connectivity index (χ4v) is 1.57. The molecule has 1 fully saturated rings. The predicted octanol–water partition coefficient (Wildman–Crippen LogP) is 1.87. The Labute approximate surface area is 83.1 Å². The van der Waals surface area contributed by atoms with Crippen LogP contribution in [0, 0.1) is 12.7 Å². The average molecular weight is 195 g/mol. The van der Waals surface area contributed by atoms with E-state index < -0.39 is 0 Å². The van der Waals surface area contributed by atoms with Gasteiger partial charge in [0.25, 0.3) is 0 Å². The predicted molar refractivity (Wildman–Crippen MR) is 53.0 cm³/mol. The molecule has 0 amide bonds. The standard InChI is InChI=1S/C11H14FNO/c1-8-2-3-9(6-11(8)12)14-10-4-5-13-7-10/h2-3,6,10,13H,4-5,7H2,1H3/t10-/m0/s1. The first-order chi connectivity index (χ1) is 6.75. The number of rotatable bonds is 2.